The van der Waals surface area contributed by atoms with Gasteiger partial charge in [-0.25, -0.2) is 16.8 Å². The molecule has 2 aliphatic heterocycles. The van der Waals surface area contributed by atoms with Crippen molar-refractivity contribution in [2.45, 2.75) is 28.1 Å². The fourth-order valence-electron chi connectivity index (χ4n) is 4.94. The summed E-state index contributed by atoms with van der Waals surface area (Å²) in [5.41, 5.74) is 2.54. The summed E-state index contributed by atoms with van der Waals surface area (Å²) in [6.45, 7) is 4.96. The summed E-state index contributed by atoms with van der Waals surface area (Å²) in [4.78, 5) is 5.02. The van der Waals surface area contributed by atoms with Gasteiger partial charge in [0, 0.05) is 39.3 Å². The number of sulfone groups is 2. The van der Waals surface area contributed by atoms with Crippen molar-refractivity contribution in [1.82, 2.24) is 9.80 Å². The quantitative estimate of drug-likeness (QED) is 0.521. The summed E-state index contributed by atoms with van der Waals surface area (Å²) in [6, 6.07) is 23.7. The third kappa shape index (κ3) is 4.55. The Hall–Kier alpha value is -2.52. The molecule has 1 saturated heterocycles. The number of fused-ring (bicyclic) bond motifs is 1. The zero-order valence-electron chi connectivity index (χ0n) is 18.9. The van der Waals surface area contributed by atoms with Crippen molar-refractivity contribution >= 4 is 19.7 Å². The van der Waals surface area contributed by atoms with Crippen LogP contribution in [-0.2, 0) is 32.8 Å². The van der Waals surface area contributed by atoms with Crippen LogP contribution < -0.4 is 0 Å². The molecule has 6 nitrogen and oxygen atoms in total. The Morgan fingerprint density at radius 2 is 1.32 bits per heavy atom. The average Bonchev–Trinajstić information content (AvgIpc) is 3.14. The lowest BCUT2D eigenvalue weighted by Crippen LogP contribution is -2.45. The van der Waals surface area contributed by atoms with E-state index < -0.39 is 30.7 Å². The Bertz CT molecular complexity index is 1370. The van der Waals surface area contributed by atoms with Gasteiger partial charge < -0.3 is 0 Å². The van der Waals surface area contributed by atoms with E-state index in [1.807, 2.05) is 12.1 Å². The van der Waals surface area contributed by atoms with E-state index in [9.17, 15) is 16.8 Å². The van der Waals surface area contributed by atoms with Crippen molar-refractivity contribution in [2.24, 2.45) is 0 Å². The molecule has 8 heteroatoms. The molecule has 0 bridgehead atoms. The fourth-order valence-corrected chi connectivity index (χ4v) is 9.37. The predicted octanol–water partition coefficient (Wildman–Crippen LogP) is 3.31. The molecule has 0 radical (unpaired) electrons. The molecule has 0 N–H and O–H groups in total. The van der Waals surface area contributed by atoms with Gasteiger partial charge in [0.15, 0.2) is 19.7 Å². The van der Waals surface area contributed by atoms with Crippen LogP contribution in [0.4, 0.5) is 0 Å². The summed E-state index contributed by atoms with van der Waals surface area (Å²) in [7, 11) is -7.49. The van der Waals surface area contributed by atoms with Gasteiger partial charge >= 0.3 is 0 Å². The van der Waals surface area contributed by atoms with Crippen LogP contribution in [0.1, 0.15) is 21.9 Å². The number of nitrogens with zero attached hydrogens (tertiary/aromatic N) is 2. The molecule has 2 aliphatic rings. The Kier molecular flexibility index (Phi) is 6.33. The molecule has 1 fully saturated rings. The highest BCUT2D eigenvalue weighted by molar-refractivity contribution is 7.96. The third-order valence-electron chi connectivity index (χ3n) is 6.74. The highest BCUT2D eigenvalue weighted by Gasteiger charge is 2.44. The van der Waals surface area contributed by atoms with Gasteiger partial charge in [-0.2, -0.15) is 0 Å². The zero-order valence-corrected chi connectivity index (χ0v) is 20.5. The first-order valence-corrected chi connectivity index (χ1v) is 14.7. The van der Waals surface area contributed by atoms with Crippen LogP contribution in [0.3, 0.4) is 0 Å². The van der Waals surface area contributed by atoms with Gasteiger partial charge in [0.05, 0.1) is 15.5 Å². The first kappa shape index (κ1) is 23.2. The minimum absolute atomic E-state index is 0.160. The van der Waals surface area contributed by atoms with Gasteiger partial charge in [-0.05, 0) is 34.9 Å². The van der Waals surface area contributed by atoms with Gasteiger partial charge in [-0.15, -0.1) is 0 Å². The van der Waals surface area contributed by atoms with Gasteiger partial charge in [0.1, 0.15) is 5.25 Å². The fraction of sp³-hybridized carbons (Fsp3) is 0.308. The minimum Gasteiger partial charge on any atom is -0.297 e. The molecule has 0 amide bonds. The van der Waals surface area contributed by atoms with Crippen LogP contribution in [0.2, 0.25) is 0 Å². The molecular weight excluding hydrogens is 468 g/mol. The normalized spacial score (nSPS) is 20.8. The van der Waals surface area contributed by atoms with E-state index in [0.717, 1.165) is 38.3 Å². The van der Waals surface area contributed by atoms with Gasteiger partial charge in [-0.1, -0.05) is 60.7 Å². The second-order valence-corrected chi connectivity index (χ2v) is 13.1. The molecule has 34 heavy (non-hydrogen) atoms. The summed E-state index contributed by atoms with van der Waals surface area (Å²) in [6.07, 6.45) is 0. The Balaban J connectivity index is 1.37. The molecule has 178 valence electrons. The molecule has 3 aromatic rings. The molecule has 0 saturated carbocycles. The van der Waals surface area contributed by atoms with Crippen molar-refractivity contribution in [3.63, 3.8) is 0 Å². The van der Waals surface area contributed by atoms with Crippen molar-refractivity contribution in [3.05, 3.63) is 95.6 Å². The Morgan fingerprint density at radius 1 is 0.735 bits per heavy atom. The second-order valence-electron chi connectivity index (χ2n) is 8.99. The number of piperazine rings is 1. The number of benzene rings is 3. The third-order valence-corrected chi connectivity index (χ3v) is 10.8. The highest BCUT2D eigenvalue weighted by atomic mass is 32.2. The van der Waals surface area contributed by atoms with Crippen molar-refractivity contribution in [2.75, 3.05) is 31.9 Å². The molecule has 2 heterocycles. The topological polar surface area (TPSA) is 74.8 Å². The standard InChI is InChI=1S/C26H28N2O4S2/c29-33(30)20-25(34(31,32)23-11-5-2-6-12-23)26-22(10-7-13-24(26)33)19-28-16-14-27(15-17-28)18-21-8-3-1-4-9-21/h1-13,25H,14-20H2. The molecule has 0 spiro atoms. The predicted molar refractivity (Wildman–Crippen MR) is 132 cm³/mol. The first-order valence-electron chi connectivity index (χ1n) is 11.5. The maximum atomic E-state index is 13.5. The molecule has 5 rings (SSSR count). The summed E-state index contributed by atoms with van der Waals surface area (Å²) in [5.74, 6) is -0.401. The molecular formula is C26H28N2O4S2. The van der Waals surface area contributed by atoms with E-state index >= 15 is 0 Å². The molecule has 1 unspecified atom stereocenters. The van der Waals surface area contributed by atoms with Gasteiger partial charge in [0.2, 0.25) is 0 Å². The molecule has 3 aromatic carbocycles. The van der Waals surface area contributed by atoms with Gasteiger partial charge in [0.25, 0.3) is 0 Å². The van der Waals surface area contributed by atoms with Crippen molar-refractivity contribution in [3.8, 4) is 0 Å². The van der Waals surface area contributed by atoms with Crippen LogP contribution in [0.5, 0.6) is 0 Å². The van der Waals surface area contributed by atoms with E-state index in [-0.39, 0.29) is 9.79 Å². The molecule has 1 atom stereocenters. The van der Waals surface area contributed by atoms with Crippen molar-refractivity contribution in [1.29, 1.82) is 0 Å². The zero-order chi connectivity index (χ0) is 23.8. The number of rotatable bonds is 6. The maximum Gasteiger partial charge on any atom is 0.186 e. The highest BCUT2D eigenvalue weighted by Crippen LogP contribution is 2.43. The number of hydrogen-bond acceptors (Lipinski definition) is 6. The summed E-state index contributed by atoms with van der Waals surface area (Å²) < 4.78 is 52.8. The largest absolute Gasteiger partial charge is 0.297 e. The van der Waals surface area contributed by atoms with Gasteiger partial charge in [-0.3, -0.25) is 9.80 Å². The van der Waals surface area contributed by atoms with E-state index in [1.165, 1.54) is 17.7 Å². The minimum atomic E-state index is -3.84. The monoisotopic (exact) mass is 496 g/mol. The van der Waals surface area contributed by atoms with Crippen LogP contribution in [-0.4, -0.2) is 58.6 Å². The lowest BCUT2D eigenvalue weighted by atomic mass is 10.0. The first-order chi connectivity index (χ1) is 16.3. The van der Waals surface area contributed by atoms with Crippen LogP contribution in [0.25, 0.3) is 0 Å². The van der Waals surface area contributed by atoms with Crippen LogP contribution >= 0.6 is 0 Å². The summed E-state index contributed by atoms with van der Waals surface area (Å²) >= 11 is 0. The average molecular weight is 497 g/mol. The summed E-state index contributed by atoms with van der Waals surface area (Å²) in [5, 5.41) is -1.08. The lowest BCUT2D eigenvalue weighted by molar-refractivity contribution is 0.121. The van der Waals surface area contributed by atoms with Crippen LogP contribution in [0, 0.1) is 0 Å². The Labute approximate surface area is 201 Å². The number of hydrogen-bond donors (Lipinski definition) is 0. The Morgan fingerprint density at radius 3 is 1.97 bits per heavy atom. The van der Waals surface area contributed by atoms with E-state index in [1.54, 1.807) is 30.3 Å². The van der Waals surface area contributed by atoms with E-state index in [0.29, 0.717) is 12.1 Å². The molecule has 0 aromatic heterocycles. The van der Waals surface area contributed by atoms with Crippen molar-refractivity contribution < 1.29 is 16.8 Å². The van der Waals surface area contributed by atoms with E-state index in [2.05, 4.69) is 34.1 Å². The molecule has 0 aliphatic carbocycles. The second kappa shape index (κ2) is 9.26. The maximum absolute atomic E-state index is 13.5. The smallest absolute Gasteiger partial charge is 0.186 e. The lowest BCUT2D eigenvalue weighted by Gasteiger charge is -2.35. The van der Waals surface area contributed by atoms with Crippen LogP contribution in [0.15, 0.2) is 88.7 Å². The van der Waals surface area contributed by atoms with E-state index in [4.69, 9.17) is 0 Å². The SMILES string of the molecule is O=S1(=O)CC(S(=O)(=O)c2ccccc2)c2c(CN3CCN(Cc4ccccc4)CC3)cccc21.